The van der Waals surface area contributed by atoms with Crippen LogP contribution in [0.1, 0.15) is 18.9 Å². The lowest BCUT2D eigenvalue weighted by Crippen LogP contribution is -2.07. The molecule has 1 amide bonds. The van der Waals surface area contributed by atoms with Gasteiger partial charge in [-0.1, -0.05) is 13.0 Å². The average Bonchev–Trinajstić information content (AvgIpc) is 3.04. The number of nitrogens with one attached hydrogen (secondary N) is 1. The van der Waals surface area contributed by atoms with Crippen molar-refractivity contribution in [2.75, 3.05) is 19.0 Å². The van der Waals surface area contributed by atoms with Crippen molar-refractivity contribution in [2.45, 2.75) is 13.3 Å². The van der Waals surface area contributed by atoms with E-state index in [2.05, 4.69) is 10.3 Å². The van der Waals surface area contributed by atoms with Crippen LogP contribution in [0.15, 0.2) is 35.9 Å². The number of anilines is 1. The summed E-state index contributed by atoms with van der Waals surface area (Å²) in [4.78, 5) is 15.8. The van der Waals surface area contributed by atoms with Crippen LogP contribution in [-0.4, -0.2) is 24.6 Å². The van der Waals surface area contributed by atoms with E-state index in [-0.39, 0.29) is 5.91 Å². The Kier molecular flexibility index (Phi) is 5.97. The third-order valence-electron chi connectivity index (χ3n) is 2.74. The number of aromatic nitrogens is 1. The number of carbonyl (C=O) groups is 1. The Morgan fingerprint density at radius 3 is 2.95 bits per heavy atom. The zero-order valence-corrected chi connectivity index (χ0v) is 13.4. The van der Waals surface area contributed by atoms with Crippen LogP contribution in [0.4, 0.5) is 5.13 Å². The quantitative estimate of drug-likeness (QED) is 0.793. The normalized spacial score (nSPS) is 10.6. The van der Waals surface area contributed by atoms with Crippen LogP contribution in [0.3, 0.4) is 0 Å². The molecule has 0 bridgehead atoms. The van der Waals surface area contributed by atoms with E-state index in [1.165, 1.54) is 17.4 Å². The van der Waals surface area contributed by atoms with Gasteiger partial charge in [-0.05, 0) is 30.2 Å². The van der Waals surface area contributed by atoms with Gasteiger partial charge in [-0.3, -0.25) is 10.1 Å². The number of nitrogens with zero attached hydrogens (tertiary/aromatic N) is 1. The van der Waals surface area contributed by atoms with Crippen molar-refractivity contribution < 1.29 is 14.3 Å². The summed E-state index contributed by atoms with van der Waals surface area (Å²) < 4.78 is 10.9. The molecule has 22 heavy (non-hydrogen) atoms. The number of thiazole rings is 1. The van der Waals surface area contributed by atoms with Gasteiger partial charge < -0.3 is 9.47 Å². The van der Waals surface area contributed by atoms with Crippen LogP contribution < -0.4 is 14.8 Å². The standard InChI is InChI=1S/C16H18N2O3S/c1-3-9-21-13-6-4-12(11-14(13)20-2)5-7-15(19)18-16-17-8-10-22-16/h4-8,10-11H,3,9H2,1-2H3,(H,17,18,19)/b7-5+. The first-order valence-electron chi connectivity index (χ1n) is 6.92. The monoisotopic (exact) mass is 318 g/mol. The molecule has 0 aliphatic rings. The van der Waals surface area contributed by atoms with E-state index in [9.17, 15) is 4.79 Å². The van der Waals surface area contributed by atoms with E-state index < -0.39 is 0 Å². The molecule has 0 saturated carbocycles. The minimum Gasteiger partial charge on any atom is -0.493 e. The van der Waals surface area contributed by atoms with E-state index >= 15 is 0 Å². The second-order valence-electron chi connectivity index (χ2n) is 4.42. The molecular formula is C16H18N2O3S. The van der Waals surface area contributed by atoms with Crippen molar-refractivity contribution in [2.24, 2.45) is 0 Å². The molecule has 0 spiro atoms. The fourth-order valence-corrected chi connectivity index (χ4v) is 2.26. The molecule has 0 radical (unpaired) electrons. The van der Waals surface area contributed by atoms with Crippen molar-refractivity contribution in [3.05, 3.63) is 41.4 Å². The zero-order chi connectivity index (χ0) is 15.8. The highest BCUT2D eigenvalue weighted by atomic mass is 32.1. The molecular weight excluding hydrogens is 300 g/mol. The first-order chi connectivity index (χ1) is 10.7. The Morgan fingerprint density at radius 1 is 1.41 bits per heavy atom. The molecule has 0 unspecified atom stereocenters. The van der Waals surface area contributed by atoms with Gasteiger partial charge in [0.15, 0.2) is 16.6 Å². The molecule has 1 aromatic carbocycles. The number of hydrogen-bond acceptors (Lipinski definition) is 5. The minimum absolute atomic E-state index is 0.222. The predicted molar refractivity (Wildman–Crippen MR) is 88.6 cm³/mol. The Morgan fingerprint density at radius 2 is 2.27 bits per heavy atom. The summed E-state index contributed by atoms with van der Waals surface area (Å²) in [5.74, 6) is 1.13. The lowest BCUT2D eigenvalue weighted by atomic mass is 10.2. The SMILES string of the molecule is CCCOc1ccc(/C=C/C(=O)Nc2nccs2)cc1OC. The van der Waals surface area contributed by atoms with Gasteiger partial charge >= 0.3 is 0 Å². The minimum atomic E-state index is -0.222. The number of amides is 1. The Balaban J connectivity index is 2.02. The number of benzene rings is 1. The first-order valence-corrected chi connectivity index (χ1v) is 7.80. The highest BCUT2D eigenvalue weighted by Gasteiger charge is 2.05. The van der Waals surface area contributed by atoms with E-state index in [0.717, 1.165) is 12.0 Å². The number of ether oxygens (including phenoxy) is 2. The number of hydrogen-bond donors (Lipinski definition) is 1. The highest BCUT2D eigenvalue weighted by molar-refractivity contribution is 7.13. The second kappa shape index (κ2) is 8.19. The van der Waals surface area contributed by atoms with E-state index in [4.69, 9.17) is 9.47 Å². The summed E-state index contributed by atoms with van der Waals surface area (Å²) in [6.07, 6.45) is 5.75. The first kappa shape index (κ1) is 16.0. The number of carbonyl (C=O) groups excluding carboxylic acids is 1. The molecule has 1 N–H and O–H groups in total. The molecule has 0 aliphatic heterocycles. The second-order valence-corrected chi connectivity index (χ2v) is 5.31. The molecule has 2 rings (SSSR count). The van der Waals surface area contributed by atoms with Crippen LogP contribution in [0.25, 0.3) is 6.08 Å². The predicted octanol–water partition coefficient (Wildman–Crippen LogP) is 3.59. The molecule has 5 nitrogen and oxygen atoms in total. The van der Waals surface area contributed by atoms with Gasteiger partial charge in [0.2, 0.25) is 5.91 Å². The molecule has 6 heteroatoms. The molecule has 2 aromatic rings. The molecule has 0 saturated heterocycles. The average molecular weight is 318 g/mol. The summed E-state index contributed by atoms with van der Waals surface area (Å²) in [6, 6.07) is 5.55. The van der Waals surface area contributed by atoms with Gasteiger partial charge in [0.25, 0.3) is 0 Å². The molecule has 0 fully saturated rings. The molecule has 0 atom stereocenters. The van der Waals surface area contributed by atoms with Crippen LogP contribution >= 0.6 is 11.3 Å². The van der Waals surface area contributed by atoms with Gasteiger partial charge in [0.05, 0.1) is 13.7 Å². The van der Waals surface area contributed by atoms with Gasteiger partial charge in [-0.25, -0.2) is 4.98 Å². The van der Waals surface area contributed by atoms with Gasteiger partial charge in [-0.2, -0.15) is 0 Å². The van der Waals surface area contributed by atoms with Crippen LogP contribution in [0.2, 0.25) is 0 Å². The van der Waals surface area contributed by atoms with Gasteiger partial charge in [0.1, 0.15) is 0 Å². The van der Waals surface area contributed by atoms with E-state index in [0.29, 0.717) is 23.2 Å². The Hall–Kier alpha value is -2.34. The van der Waals surface area contributed by atoms with Crippen LogP contribution in [-0.2, 0) is 4.79 Å². The maximum atomic E-state index is 11.8. The zero-order valence-electron chi connectivity index (χ0n) is 12.5. The fourth-order valence-electron chi connectivity index (χ4n) is 1.72. The fraction of sp³-hybridized carbons (Fsp3) is 0.250. The summed E-state index contributed by atoms with van der Waals surface area (Å²) in [5, 5.41) is 5.07. The third kappa shape index (κ3) is 4.60. The smallest absolute Gasteiger partial charge is 0.250 e. The Bertz CT molecular complexity index is 639. The third-order valence-corrected chi connectivity index (χ3v) is 3.43. The molecule has 116 valence electrons. The molecule has 0 aliphatic carbocycles. The van der Waals surface area contributed by atoms with Crippen molar-refractivity contribution in [3.63, 3.8) is 0 Å². The van der Waals surface area contributed by atoms with E-state index in [1.807, 2.05) is 25.1 Å². The van der Waals surface area contributed by atoms with Crippen molar-refractivity contribution in [3.8, 4) is 11.5 Å². The molecule has 1 aromatic heterocycles. The van der Waals surface area contributed by atoms with Gasteiger partial charge in [0, 0.05) is 17.7 Å². The lowest BCUT2D eigenvalue weighted by molar-refractivity contribution is -0.111. The topological polar surface area (TPSA) is 60.5 Å². The maximum absolute atomic E-state index is 11.8. The summed E-state index contributed by atoms with van der Waals surface area (Å²) >= 11 is 1.38. The number of rotatable bonds is 7. The summed E-state index contributed by atoms with van der Waals surface area (Å²) in [5.41, 5.74) is 0.856. The van der Waals surface area contributed by atoms with Crippen LogP contribution in [0, 0.1) is 0 Å². The van der Waals surface area contributed by atoms with Gasteiger partial charge in [-0.15, -0.1) is 11.3 Å². The van der Waals surface area contributed by atoms with Crippen LogP contribution in [0.5, 0.6) is 11.5 Å². The van der Waals surface area contributed by atoms with Crippen molar-refractivity contribution >= 4 is 28.5 Å². The summed E-state index contributed by atoms with van der Waals surface area (Å²) in [6.45, 7) is 2.69. The summed E-state index contributed by atoms with van der Waals surface area (Å²) in [7, 11) is 1.59. The van der Waals surface area contributed by atoms with Crippen molar-refractivity contribution in [1.29, 1.82) is 0 Å². The lowest BCUT2D eigenvalue weighted by Gasteiger charge is -2.10. The number of methoxy groups -OCH3 is 1. The molecule has 1 heterocycles. The largest absolute Gasteiger partial charge is 0.493 e. The van der Waals surface area contributed by atoms with E-state index in [1.54, 1.807) is 24.8 Å². The maximum Gasteiger partial charge on any atom is 0.250 e. The highest BCUT2D eigenvalue weighted by Crippen LogP contribution is 2.28. The van der Waals surface area contributed by atoms with Crippen molar-refractivity contribution in [1.82, 2.24) is 4.98 Å². The Labute approximate surface area is 133 Å².